The van der Waals surface area contributed by atoms with Crippen LogP contribution in [0.3, 0.4) is 0 Å². The molecule has 0 radical (unpaired) electrons. The maximum atomic E-state index is 13.7. The summed E-state index contributed by atoms with van der Waals surface area (Å²) < 4.78 is 15.6. The van der Waals surface area contributed by atoms with Gasteiger partial charge in [-0.05, 0) is 66.9 Å². The molecule has 0 atom stereocenters. The Kier molecular flexibility index (Phi) is 5.99. The van der Waals surface area contributed by atoms with E-state index in [9.17, 15) is 18.8 Å². The van der Waals surface area contributed by atoms with E-state index < -0.39 is 28.7 Å². The fraction of sp³-hybridized carbons (Fsp3) is 0.120. The summed E-state index contributed by atoms with van der Waals surface area (Å²) in [6.45, 7) is 3.60. The van der Waals surface area contributed by atoms with Crippen LogP contribution in [-0.4, -0.2) is 20.3 Å². The van der Waals surface area contributed by atoms with Crippen molar-refractivity contribution in [2.45, 2.75) is 20.4 Å². The summed E-state index contributed by atoms with van der Waals surface area (Å²) >= 11 is 0. The summed E-state index contributed by atoms with van der Waals surface area (Å²) in [6, 6.07) is 19.5. The van der Waals surface area contributed by atoms with E-state index in [4.69, 9.17) is 0 Å². The van der Waals surface area contributed by atoms with Gasteiger partial charge in [-0.1, -0.05) is 36.4 Å². The molecular formula is C25H21FN4O3. The minimum atomic E-state index is -0.863. The van der Waals surface area contributed by atoms with E-state index >= 15 is 0 Å². The Morgan fingerprint density at radius 1 is 0.939 bits per heavy atom. The van der Waals surface area contributed by atoms with Gasteiger partial charge in [0.15, 0.2) is 0 Å². The van der Waals surface area contributed by atoms with Gasteiger partial charge in [-0.15, -0.1) is 0 Å². The molecule has 4 rings (SSSR count). The summed E-state index contributed by atoms with van der Waals surface area (Å²) in [5, 5.41) is 6.74. The number of aromatic nitrogens is 3. The number of nitrogens with zero attached hydrogens (tertiary/aromatic N) is 3. The van der Waals surface area contributed by atoms with Gasteiger partial charge in [0.1, 0.15) is 5.82 Å². The first kappa shape index (κ1) is 21.9. The van der Waals surface area contributed by atoms with Crippen molar-refractivity contribution in [2.24, 2.45) is 0 Å². The lowest BCUT2D eigenvalue weighted by atomic mass is 10.1. The van der Waals surface area contributed by atoms with Gasteiger partial charge in [-0.25, -0.2) is 9.18 Å². The summed E-state index contributed by atoms with van der Waals surface area (Å²) in [7, 11) is 0. The normalized spacial score (nSPS) is 10.8. The Morgan fingerprint density at radius 3 is 2.39 bits per heavy atom. The van der Waals surface area contributed by atoms with E-state index in [-0.39, 0.29) is 6.54 Å². The number of nitrogens with one attached hydrogen (secondary N) is 1. The van der Waals surface area contributed by atoms with Gasteiger partial charge >= 0.3 is 5.69 Å². The molecule has 0 spiro atoms. The third kappa shape index (κ3) is 4.64. The predicted molar refractivity (Wildman–Crippen MR) is 123 cm³/mol. The van der Waals surface area contributed by atoms with E-state index in [1.807, 2.05) is 19.9 Å². The van der Waals surface area contributed by atoms with Crippen LogP contribution < -0.4 is 16.6 Å². The predicted octanol–water partition coefficient (Wildman–Crippen LogP) is 3.45. The minimum Gasteiger partial charge on any atom is -0.320 e. The molecule has 0 saturated carbocycles. The quantitative estimate of drug-likeness (QED) is 0.511. The van der Waals surface area contributed by atoms with Crippen molar-refractivity contribution in [3.63, 3.8) is 0 Å². The number of carbonyl (C=O) groups is 1. The highest BCUT2D eigenvalue weighted by Crippen LogP contribution is 2.12. The molecule has 4 aromatic rings. The summed E-state index contributed by atoms with van der Waals surface area (Å²) in [5.41, 5.74) is 1.17. The lowest BCUT2D eigenvalue weighted by Gasteiger charge is -2.13. The lowest BCUT2D eigenvalue weighted by Crippen LogP contribution is -2.45. The molecule has 8 heteroatoms. The van der Waals surface area contributed by atoms with Crippen molar-refractivity contribution in [1.82, 2.24) is 14.3 Å². The van der Waals surface area contributed by atoms with Crippen molar-refractivity contribution < 1.29 is 9.18 Å². The molecule has 1 heterocycles. The van der Waals surface area contributed by atoms with Crippen molar-refractivity contribution in [1.29, 1.82) is 0 Å². The Bertz CT molecular complexity index is 1460. The number of aryl methyl sites for hydroxylation is 2. The Hall–Kier alpha value is -4.33. The van der Waals surface area contributed by atoms with E-state index in [0.717, 1.165) is 20.4 Å². The Labute approximate surface area is 188 Å². The van der Waals surface area contributed by atoms with E-state index in [0.29, 0.717) is 16.9 Å². The molecule has 0 saturated heterocycles. The van der Waals surface area contributed by atoms with Gasteiger partial charge in [0, 0.05) is 5.69 Å². The Morgan fingerprint density at radius 2 is 1.70 bits per heavy atom. The summed E-state index contributed by atoms with van der Waals surface area (Å²) in [5.74, 6) is -1.25. The van der Waals surface area contributed by atoms with Crippen LogP contribution in [0.1, 0.15) is 27.2 Å². The highest BCUT2D eigenvalue weighted by Gasteiger charge is 2.21. The number of hydrogen-bond acceptors (Lipinski definition) is 4. The third-order valence-electron chi connectivity index (χ3n) is 5.27. The molecule has 3 aromatic carbocycles. The highest BCUT2D eigenvalue weighted by molar-refractivity contribution is 6.02. The number of carbonyl (C=O) groups excluding carboxylic acids is 1. The molecule has 0 bridgehead atoms. The second kappa shape index (κ2) is 9.04. The molecule has 0 aliphatic carbocycles. The number of halogens is 1. The van der Waals surface area contributed by atoms with Gasteiger partial charge in [0.2, 0.25) is 5.69 Å². The van der Waals surface area contributed by atoms with Crippen LogP contribution in [0, 0.1) is 19.7 Å². The average molecular weight is 444 g/mol. The molecular weight excluding hydrogens is 423 g/mol. The highest BCUT2D eigenvalue weighted by atomic mass is 19.1. The number of hydrogen-bond donors (Lipinski definition) is 1. The molecule has 1 amide bonds. The van der Waals surface area contributed by atoms with Crippen LogP contribution in [0.4, 0.5) is 10.1 Å². The third-order valence-corrected chi connectivity index (χ3v) is 5.27. The first-order valence-corrected chi connectivity index (χ1v) is 10.3. The first-order chi connectivity index (χ1) is 15.8. The monoisotopic (exact) mass is 444 g/mol. The molecule has 0 unspecified atom stereocenters. The van der Waals surface area contributed by atoms with Gasteiger partial charge in [-0.3, -0.25) is 14.2 Å². The fourth-order valence-corrected chi connectivity index (χ4v) is 3.35. The number of para-hydroxylation sites is 1. The summed E-state index contributed by atoms with van der Waals surface area (Å²) in [4.78, 5) is 39.3. The average Bonchev–Trinajstić information content (AvgIpc) is 2.79. The number of anilines is 1. The Balaban J connectivity index is 1.88. The zero-order valence-electron chi connectivity index (χ0n) is 18.1. The smallest absolute Gasteiger partial charge is 0.320 e. The van der Waals surface area contributed by atoms with Gasteiger partial charge < -0.3 is 5.32 Å². The van der Waals surface area contributed by atoms with E-state index in [1.165, 1.54) is 18.2 Å². The minimum absolute atomic E-state index is 0.214. The van der Waals surface area contributed by atoms with Crippen molar-refractivity contribution >= 4 is 11.6 Å². The van der Waals surface area contributed by atoms with Crippen LogP contribution in [0.15, 0.2) is 82.4 Å². The zero-order valence-corrected chi connectivity index (χ0v) is 18.1. The second-order valence-electron chi connectivity index (χ2n) is 7.65. The van der Waals surface area contributed by atoms with Crippen LogP contribution >= 0.6 is 0 Å². The molecule has 1 N–H and O–H groups in total. The fourth-order valence-electron chi connectivity index (χ4n) is 3.35. The van der Waals surface area contributed by atoms with Crippen molar-refractivity contribution in [2.75, 3.05) is 5.32 Å². The molecule has 1 aromatic heterocycles. The second-order valence-corrected chi connectivity index (χ2v) is 7.65. The van der Waals surface area contributed by atoms with E-state index in [2.05, 4.69) is 10.4 Å². The number of benzene rings is 3. The molecule has 7 nitrogen and oxygen atoms in total. The first-order valence-electron chi connectivity index (χ1n) is 10.3. The van der Waals surface area contributed by atoms with Crippen LogP contribution in [0.5, 0.6) is 0 Å². The standard InChI is InChI=1S/C25H21FN4O3/c1-16-11-12-21(13-17(16)2)30-25(33)29(15-18-7-6-8-19(26)14-18)24(32)22(28-30)23(31)27-20-9-4-3-5-10-20/h3-14H,15H2,1-2H3,(H,27,31). The lowest BCUT2D eigenvalue weighted by molar-refractivity contribution is 0.101. The molecule has 0 aliphatic heterocycles. The van der Waals surface area contributed by atoms with Crippen LogP contribution in [0.25, 0.3) is 5.69 Å². The molecule has 0 fully saturated rings. The maximum absolute atomic E-state index is 13.7. The van der Waals surface area contributed by atoms with Gasteiger partial charge in [0.05, 0.1) is 12.2 Å². The van der Waals surface area contributed by atoms with Gasteiger partial charge in [0.25, 0.3) is 11.5 Å². The maximum Gasteiger partial charge on any atom is 0.352 e. The summed E-state index contributed by atoms with van der Waals surface area (Å²) in [6.07, 6.45) is 0. The molecule has 0 aliphatic rings. The topological polar surface area (TPSA) is 86.0 Å². The van der Waals surface area contributed by atoms with Crippen molar-refractivity contribution in [3.05, 3.63) is 122 Å². The zero-order chi connectivity index (χ0) is 23.5. The van der Waals surface area contributed by atoms with Gasteiger partial charge in [-0.2, -0.15) is 9.78 Å². The molecule has 33 heavy (non-hydrogen) atoms. The largest absolute Gasteiger partial charge is 0.352 e. The van der Waals surface area contributed by atoms with Crippen LogP contribution in [-0.2, 0) is 6.54 Å². The number of rotatable bonds is 5. The van der Waals surface area contributed by atoms with E-state index in [1.54, 1.807) is 48.5 Å². The van der Waals surface area contributed by atoms with Crippen LogP contribution in [0.2, 0.25) is 0 Å². The number of amides is 1. The SMILES string of the molecule is Cc1ccc(-n2nc(C(=O)Nc3ccccc3)c(=O)n(Cc3cccc(F)c3)c2=O)cc1C. The molecule has 166 valence electrons. The van der Waals surface area contributed by atoms with Crippen molar-refractivity contribution in [3.8, 4) is 5.69 Å².